The Kier molecular flexibility index (Phi) is 7.48. The van der Waals surface area contributed by atoms with E-state index in [2.05, 4.69) is 0 Å². The van der Waals surface area contributed by atoms with E-state index in [1.165, 1.54) is 32.0 Å². The van der Waals surface area contributed by atoms with Crippen LogP contribution in [0.1, 0.15) is 24.5 Å². The molecule has 5 atom stereocenters. The molecule has 0 radical (unpaired) electrons. The molecular formula is C23H24ClN2NaO9. The van der Waals surface area contributed by atoms with Crippen LogP contribution in [0, 0.1) is 11.8 Å². The molecule has 0 bridgehead atoms. The van der Waals surface area contributed by atoms with Crippen LogP contribution in [0.4, 0.5) is 0 Å². The number of aliphatic hydroxyl groups excluding tert-OH is 3. The third-order valence-electron chi connectivity index (χ3n) is 7.28. The van der Waals surface area contributed by atoms with Crippen molar-refractivity contribution in [2.45, 2.75) is 30.6 Å². The van der Waals surface area contributed by atoms with Gasteiger partial charge in [-0.15, -0.1) is 0 Å². The Morgan fingerprint density at radius 1 is 1.25 bits per heavy atom. The van der Waals surface area contributed by atoms with Gasteiger partial charge in [0, 0.05) is 33.6 Å². The molecule has 0 aliphatic heterocycles. The largest absolute Gasteiger partial charge is 1.00 e. The van der Waals surface area contributed by atoms with E-state index in [0.717, 1.165) is 6.07 Å². The van der Waals surface area contributed by atoms with Crippen LogP contribution in [0.3, 0.4) is 0 Å². The number of aliphatic hydroxyl groups is 5. The van der Waals surface area contributed by atoms with Gasteiger partial charge in [0.05, 0.1) is 11.6 Å². The minimum absolute atomic E-state index is 0. The Morgan fingerprint density at radius 3 is 2.42 bits per heavy atom. The molecule has 1 aromatic rings. The number of amides is 1. The van der Waals surface area contributed by atoms with Crippen LogP contribution < -0.4 is 40.0 Å². The Balaban J connectivity index is 0.00000361. The second-order valence-electron chi connectivity index (χ2n) is 9.36. The van der Waals surface area contributed by atoms with E-state index in [0.29, 0.717) is 0 Å². The van der Waals surface area contributed by atoms with E-state index in [9.17, 15) is 39.9 Å². The van der Waals surface area contributed by atoms with Crippen molar-refractivity contribution in [3.63, 3.8) is 0 Å². The third kappa shape index (κ3) is 3.64. The van der Waals surface area contributed by atoms with Crippen molar-refractivity contribution in [3.05, 3.63) is 45.2 Å². The van der Waals surface area contributed by atoms with E-state index in [4.69, 9.17) is 16.7 Å². The molecule has 188 valence electrons. The summed E-state index contributed by atoms with van der Waals surface area (Å²) < 4.78 is 0. The van der Waals surface area contributed by atoms with Gasteiger partial charge in [-0.25, -0.2) is 0 Å². The maximum Gasteiger partial charge on any atom is 1.00 e. The maximum absolute atomic E-state index is 13.8. The minimum Gasteiger partial charge on any atom is -0.872 e. The number of fused-ring (bicyclic) bond motifs is 3. The van der Waals surface area contributed by atoms with Gasteiger partial charge in [-0.05, 0) is 33.5 Å². The van der Waals surface area contributed by atoms with Gasteiger partial charge in [-0.1, -0.05) is 23.4 Å². The van der Waals surface area contributed by atoms with E-state index in [1.54, 1.807) is 0 Å². The average molecular weight is 531 g/mol. The third-order valence-corrected chi connectivity index (χ3v) is 7.59. The van der Waals surface area contributed by atoms with Crippen LogP contribution in [0.25, 0.3) is 5.76 Å². The summed E-state index contributed by atoms with van der Waals surface area (Å²) in [5, 5.41) is 68.7. The number of ketones is 2. The van der Waals surface area contributed by atoms with Crippen molar-refractivity contribution in [2.24, 2.45) is 11.8 Å². The Bertz CT molecular complexity index is 1240. The summed E-state index contributed by atoms with van der Waals surface area (Å²) in [6.07, 6.45) is -0.305. The van der Waals surface area contributed by atoms with Crippen LogP contribution in [0.5, 0.6) is 5.75 Å². The Labute approximate surface area is 233 Å². The summed E-state index contributed by atoms with van der Waals surface area (Å²) in [5.74, 6) is -8.75. The SMILES string of the molecule is CN(C)[C@@H]1C(=O)C(C(=O)NCO)=C(O)[C@@]2(O)C(=O)C3=C(O)c4c([O-])ccc(Cl)c4[C@@](C)(O)[C@H]3C[C@@H]12.[Na+]. The van der Waals surface area contributed by atoms with E-state index in [-0.39, 0.29) is 46.6 Å². The number of Topliss-reactive ketones (excluding diaryl/α,β-unsaturated/α-hetero) is 2. The number of carbonyl (C=O) groups is 3. The molecule has 3 aliphatic carbocycles. The first-order chi connectivity index (χ1) is 16.2. The molecule has 4 rings (SSSR count). The van der Waals surface area contributed by atoms with Crippen LogP contribution in [-0.2, 0) is 20.0 Å². The molecule has 0 unspecified atom stereocenters. The fourth-order valence-electron chi connectivity index (χ4n) is 5.71. The summed E-state index contributed by atoms with van der Waals surface area (Å²) in [5.41, 5.74) is -6.77. The maximum atomic E-state index is 13.8. The number of likely N-dealkylation sites (N-methyl/N-ethyl adjacent to an activating group) is 1. The van der Waals surface area contributed by atoms with Crippen LogP contribution in [-0.4, -0.2) is 80.4 Å². The number of hydrogen-bond donors (Lipinski definition) is 6. The molecule has 36 heavy (non-hydrogen) atoms. The molecule has 0 aromatic heterocycles. The number of carbonyl (C=O) groups excluding carboxylic acids is 3. The predicted molar refractivity (Wildman–Crippen MR) is 119 cm³/mol. The molecule has 1 fully saturated rings. The molecule has 0 spiro atoms. The van der Waals surface area contributed by atoms with E-state index >= 15 is 0 Å². The van der Waals surface area contributed by atoms with Crippen molar-refractivity contribution >= 4 is 34.8 Å². The first kappa shape index (κ1) is 28.6. The zero-order valence-electron chi connectivity index (χ0n) is 20.0. The quantitative estimate of drug-likeness (QED) is 0.128. The van der Waals surface area contributed by atoms with Crippen LogP contribution >= 0.6 is 11.6 Å². The van der Waals surface area contributed by atoms with Crippen LogP contribution in [0.2, 0.25) is 5.02 Å². The second-order valence-corrected chi connectivity index (χ2v) is 9.76. The monoisotopic (exact) mass is 530 g/mol. The normalized spacial score (nSPS) is 31.5. The van der Waals surface area contributed by atoms with Crippen molar-refractivity contribution in [2.75, 3.05) is 20.8 Å². The first-order valence-electron chi connectivity index (χ1n) is 10.7. The second kappa shape index (κ2) is 9.41. The standard InChI is InChI=1S/C23H25ClN2O9.Na/c1-22(34)8-6-9-16(26(2)3)18(30)14(21(33)25-7-27)20(32)23(9,35)19(31)12(8)17(29)13-11(28)5-4-10(24)15(13)22;/h4-5,8-9,16,27-29,32,34-35H,6-7H2,1-3H3,(H,25,33);/q;+1/p-1/t8-,9-,16-,22-,23-;/m0./s1. The number of rotatable bonds is 3. The fourth-order valence-corrected chi connectivity index (χ4v) is 6.06. The topological polar surface area (TPSA) is 191 Å². The van der Waals surface area contributed by atoms with Crippen molar-refractivity contribution in [1.82, 2.24) is 10.2 Å². The number of hydrogen-bond acceptors (Lipinski definition) is 10. The zero-order valence-corrected chi connectivity index (χ0v) is 22.8. The Hall–Kier alpha value is -1.96. The molecule has 1 amide bonds. The molecule has 0 saturated heterocycles. The minimum atomic E-state index is -2.85. The van der Waals surface area contributed by atoms with Gasteiger partial charge in [-0.2, -0.15) is 0 Å². The summed E-state index contributed by atoms with van der Waals surface area (Å²) in [6.45, 7) is 0.420. The number of nitrogens with zero attached hydrogens (tertiary/aromatic N) is 1. The molecule has 6 N–H and O–H groups in total. The predicted octanol–water partition coefficient (Wildman–Crippen LogP) is -3.76. The number of nitrogens with one attached hydrogen (secondary N) is 1. The van der Waals surface area contributed by atoms with Gasteiger partial charge in [0.25, 0.3) is 5.91 Å². The van der Waals surface area contributed by atoms with E-state index < -0.39 is 87.3 Å². The zero-order chi connectivity index (χ0) is 26.2. The average Bonchev–Trinajstić information content (AvgIpc) is 2.76. The van der Waals surface area contributed by atoms with Gasteiger partial charge in [-0.3, -0.25) is 19.3 Å². The van der Waals surface area contributed by atoms with Gasteiger partial charge in [0.1, 0.15) is 23.8 Å². The first-order valence-corrected chi connectivity index (χ1v) is 11.1. The summed E-state index contributed by atoms with van der Waals surface area (Å²) in [4.78, 5) is 40.9. The number of halogens is 1. The van der Waals surface area contributed by atoms with Gasteiger partial charge in [0.15, 0.2) is 11.4 Å². The summed E-state index contributed by atoms with van der Waals surface area (Å²) in [7, 11) is 2.93. The molecule has 3 aliphatic rings. The molecule has 0 heterocycles. The van der Waals surface area contributed by atoms with Crippen LogP contribution in [0.15, 0.2) is 29.0 Å². The fraction of sp³-hybridized carbons (Fsp3) is 0.435. The molecule has 13 heteroatoms. The summed E-state index contributed by atoms with van der Waals surface area (Å²) in [6, 6.07) is 1.00. The smallest absolute Gasteiger partial charge is 0.872 e. The van der Waals surface area contributed by atoms with Gasteiger partial charge in [0.2, 0.25) is 5.78 Å². The molecular weight excluding hydrogens is 507 g/mol. The van der Waals surface area contributed by atoms with Crippen molar-refractivity contribution in [1.29, 1.82) is 0 Å². The molecule has 1 aromatic carbocycles. The van der Waals surface area contributed by atoms with Crippen molar-refractivity contribution < 1.29 is 74.6 Å². The number of benzene rings is 1. The van der Waals surface area contributed by atoms with E-state index in [1.807, 2.05) is 5.32 Å². The molecule has 1 saturated carbocycles. The summed E-state index contributed by atoms with van der Waals surface area (Å²) >= 11 is 6.26. The van der Waals surface area contributed by atoms with Gasteiger partial charge >= 0.3 is 29.6 Å². The Morgan fingerprint density at radius 2 is 1.86 bits per heavy atom. The molecule has 11 nitrogen and oxygen atoms in total. The van der Waals surface area contributed by atoms with Gasteiger partial charge < -0.3 is 36.0 Å². The van der Waals surface area contributed by atoms with Crippen molar-refractivity contribution in [3.8, 4) is 5.75 Å².